The second-order valence-corrected chi connectivity index (χ2v) is 6.52. The van der Waals surface area contributed by atoms with Crippen LogP contribution in [0.3, 0.4) is 0 Å². The lowest BCUT2D eigenvalue weighted by Crippen LogP contribution is -2.15. The third-order valence-corrected chi connectivity index (χ3v) is 4.52. The van der Waals surface area contributed by atoms with Gasteiger partial charge in [0.25, 0.3) is 0 Å². The van der Waals surface area contributed by atoms with Gasteiger partial charge in [0.05, 0.1) is 5.69 Å². The number of hydrogen-bond donors (Lipinski definition) is 2. The van der Waals surface area contributed by atoms with Crippen LogP contribution in [0, 0.1) is 27.7 Å². The van der Waals surface area contributed by atoms with Crippen LogP contribution >= 0.6 is 11.6 Å². The van der Waals surface area contributed by atoms with Crippen molar-refractivity contribution >= 4 is 23.1 Å². The normalized spacial score (nSPS) is 11.2. The van der Waals surface area contributed by atoms with E-state index < -0.39 is 0 Å². The van der Waals surface area contributed by atoms with Crippen molar-refractivity contribution in [2.75, 3.05) is 18.4 Å². The highest BCUT2D eigenvalue weighted by Gasteiger charge is 2.18. The molecule has 0 atom stereocenters. The molecular weight excluding hydrogens is 322 g/mol. The Morgan fingerprint density at radius 1 is 1.12 bits per heavy atom. The molecule has 0 radical (unpaired) electrons. The molecule has 0 saturated heterocycles. The second-order valence-electron chi connectivity index (χ2n) is 6.11. The maximum Gasteiger partial charge on any atom is 0.165 e. The zero-order chi connectivity index (χ0) is 17.4. The molecule has 2 aromatic heterocycles. The van der Waals surface area contributed by atoms with Gasteiger partial charge in [0.2, 0.25) is 0 Å². The van der Waals surface area contributed by atoms with Gasteiger partial charge in [-0.25, -0.2) is 4.98 Å². The lowest BCUT2D eigenvalue weighted by molar-refractivity contribution is 0.894. The van der Waals surface area contributed by atoms with E-state index in [0.29, 0.717) is 13.1 Å². The van der Waals surface area contributed by atoms with Crippen LogP contribution in [0.1, 0.15) is 22.5 Å². The van der Waals surface area contributed by atoms with Crippen molar-refractivity contribution in [2.24, 2.45) is 5.73 Å². The van der Waals surface area contributed by atoms with E-state index in [1.54, 1.807) is 0 Å². The Balaban J connectivity index is 2.28. The summed E-state index contributed by atoms with van der Waals surface area (Å²) in [5, 5.41) is 8.79. The molecule has 1 aromatic carbocycles. The summed E-state index contributed by atoms with van der Waals surface area (Å²) in [6.07, 6.45) is 0. The molecule has 126 valence electrons. The Hall–Kier alpha value is -2.11. The van der Waals surface area contributed by atoms with Crippen LogP contribution in [0.2, 0.25) is 5.02 Å². The fourth-order valence-electron chi connectivity index (χ4n) is 2.94. The zero-order valence-electron chi connectivity index (χ0n) is 14.4. The Kier molecular flexibility index (Phi) is 4.47. The highest BCUT2D eigenvalue weighted by Crippen LogP contribution is 2.34. The minimum absolute atomic E-state index is 0.561. The zero-order valence-corrected chi connectivity index (χ0v) is 15.2. The number of nitrogens with two attached hydrogens (primary N) is 1. The Morgan fingerprint density at radius 2 is 1.88 bits per heavy atom. The van der Waals surface area contributed by atoms with Gasteiger partial charge >= 0.3 is 0 Å². The lowest BCUT2D eigenvalue weighted by Gasteiger charge is -2.10. The van der Waals surface area contributed by atoms with Crippen molar-refractivity contribution in [3.63, 3.8) is 0 Å². The van der Waals surface area contributed by atoms with Crippen LogP contribution in [0.15, 0.2) is 18.2 Å². The topological polar surface area (TPSA) is 68.2 Å². The highest BCUT2D eigenvalue weighted by atomic mass is 35.5. The first-order valence-corrected chi connectivity index (χ1v) is 8.38. The van der Waals surface area contributed by atoms with E-state index in [9.17, 15) is 0 Å². The molecule has 0 amide bonds. The molecular formula is C18H22ClN5. The molecule has 0 bridgehead atoms. The summed E-state index contributed by atoms with van der Waals surface area (Å²) in [6.45, 7) is 9.32. The average molecular weight is 344 g/mol. The minimum Gasteiger partial charge on any atom is -0.369 e. The number of hydrogen-bond acceptors (Lipinski definition) is 4. The molecule has 0 fully saturated rings. The molecule has 5 nitrogen and oxygen atoms in total. The van der Waals surface area contributed by atoms with Gasteiger partial charge in [0.1, 0.15) is 5.82 Å². The fourth-order valence-corrected chi connectivity index (χ4v) is 3.15. The maximum atomic E-state index is 6.25. The Morgan fingerprint density at radius 3 is 2.58 bits per heavy atom. The van der Waals surface area contributed by atoms with Crippen molar-refractivity contribution in [2.45, 2.75) is 27.7 Å². The molecule has 3 rings (SSSR count). The third kappa shape index (κ3) is 2.85. The van der Waals surface area contributed by atoms with Crippen LogP contribution in [-0.2, 0) is 0 Å². The van der Waals surface area contributed by atoms with E-state index in [1.807, 2.05) is 37.4 Å². The number of nitrogens with one attached hydrogen (secondary N) is 1. The summed E-state index contributed by atoms with van der Waals surface area (Å²) in [7, 11) is 0. The van der Waals surface area contributed by atoms with E-state index >= 15 is 0 Å². The van der Waals surface area contributed by atoms with Crippen molar-refractivity contribution in [3.05, 3.63) is 45.7 Å². The van der Waals surface area contributed by atoms with E-state index in [-0.39, 0.29) is 0 Å². The number of nitrogens with zero attached hydrogens (tertiary/aromatic N) is 3. The van der Waals surface area contributed by atoms with Gasteiger partial charge in [-0.05, 0) is 56.5 Å². The minimum atomic E-state index is 0.561. The molecule has 0 saturated carbocycles. The van der Waals surface area contributed by atoms with Gasteiger partial charge in [-0.2, -0.15) is 9.61 Å². The summed E-state index contributed by atoms with van der Waals surface area (Å²) in [5.74, 6) is 0.903. The van der Waals surface area contributed by atoms with Gasteiger partial charge in [0, 0.05) is 35.4 Å². The predicted molar refractivity (Wildman–Crippen MR) is 99.9 cm³/mol. The van der Waals surface area contributed by atoms with Crippen LogP contribution in [0.25, 0.3) is 16.8 Å². The van der Waals surface area contributed by atoms with Crippen LogP contribution in [0.5, 0.6) is 0 Å². The van der Waals surface area contributed by atoms with Crippen LogP contribution in [0.4, 0.5) is 5.82 Å². The monoisotopic (exact) mass is 343 g/mol. The van der Waals surface area contributed by atoms with E-state index in [4.69, 9.17) is 27.4 Å². The summed E-state index contributed by atoms with van der Waals surface area (Å²) in [6, 6.07) is 6.09. The third-order valence-electron chi connectivity index (χ3n) is 4.12. The Labute approximate surface area is 146 Å². The van der Waals surface area contributed by atoms with Crippen molar-refractivity contribution in [1.82, 2.24) is 14.6 Å². The summed E-state index contributed by atoms with van der Waals surface area (Å²) in [5.41, 5.74) is 12.7. The molecule has 6 heteroatoms. The summed E-state index contributed by atoms with van der Waals surface area (Å²) < 4.78 is 1.86. The number of rotatable bonds is 4. The van der Waals surface area contributed by atoms with Gasteiger partial charge in [-0.15, -0.1) is 0 Å². The molecule has 0 aliphatic heterocycles. The molecule has 0 unspecified atom stereocenters. The summed E-state index contributed by atoms with van der Waals surface area (Å²) in [4.78, 5) is 4.73. The van der Waals surface area contributed by atoms with E-state index in [1.165, 1.54) is 0 Å². The number of halogens is 1. The highest BCUT2D eigenvalue weighted by molar-refractivity contribution is 6.31. The van der Waals surface area contributed by atoms with Gasteiger partial charge < -0.3 is 11.1 Å². The molecule has 0 aliphatic rings. The lowest BCUT2D eigenvalue weighted by atomic mass is 9.98. The standard InChI is InChI=1S/C18H22ClN5/c1-10-8-15(19)11(2)7-14(10)17-13(4)23-24-16(21-6-5-20)9-12(3)22-18(17)24/h7-9,21H,5-6,20H2,1-4H3. The SMILES string of the molecule is Cc1cc(NCCN)n2nc(C)c(-c3cc(C)c(Cl)cc3C)c2n1. The van der Waals surface area contributed by atoms with Crippen LogP contribution < -0.4 is 11.1 Å². The number of benzene rings is 1. The molecule has 0 aliphatic carbocycles. The Bertz CT molecular complexity index is 914. The van der Waals surface area contributed by atoms with Gasteiger partial charge in [0.15, 0.2) is 5.65 Å². The molecule has 24 heavy (non-hydrogen) atoms. The molecule has 3 N–H and O–H groups in total. The first kappa shape index (κ1) is 16.7. The van der Waals surface area contributed by atoms with Gasteiger partial charge in [-0.1, -0.05) is 11.6 Å². The maximum absolute atomic E-state index is 6.25. The van der Waals surface area contributed by atoms with Gasteiger partial charge in [-0.3, -0.25) is 0 Å². The quantitative estimate of drug-likeness (QED) is 0.758. The first-order valence-electron chi connectivity index (χ1n) is 8.00. The second kappa shape index (κ2) is 6.42. The van der Waals surface area contributed by atoms with Crippen molar-refractivity contribution in [1.29, 1.82) is 0 Å². The fraction of sp³-hybridized carbons (Fsp3) is 0.333. The molecule has 2 heterocycles. The number of anilines is 1. The van der Waals surface area contributed by atoms with Crippen molar-refractivity contribution < 1.29 is 0 Å². The van der Waals surface area contributed by atoms with E-state index in [2.05, 4.69) is 18.3 Å². The molecule has 0 spiro atoms. The average Bonchev–Trinajstić information content (AvgIpc) is 2.84. The van der Waals surface area contributed by atoms with Crippen LogP contribution in [-0.4, -0.2) is 27.7 Å². The largest absolute Gasteiger partial charge is 0.369 e. The number of aromatic nitrogens is 3. The smallest absolute Gasteiger partial charge is 0.165 e. The molecule has 3 aromatic rings. The predicted octanol–water partition coefficient (Wildman–Crippen LogP) is 3.65. The van der Waals surface area contributed by atoms with E-state index in [0.717, 1.165) is 50.1 Å². The first-order chi connectivity index (χ1) is 11.4. The number of aryl methyl sites for hydroxylation is 4. The number of fused-ring (bicyclic) bond motifs is 1. The summed E-state index contributed by atoms with van der Waals surface area (Å²) >= 11 is 6.25. The van der Waals surface area contributed by atoms with Crippen molar-refractivity contribution in [3.8, 4) is 11.1 Å².